The van der Waals surface area contributed by atoms with Gasteiger partial charge in [0, 0.05) is 6.20 Å². The largest absolute Gasteiger partial charge is 0.394 e. The molecule has 0 radical (unpaired) electrons. The van der Waals surface area contributed by atoms with Crippen LogP contribution in [-0.4, -0.2) is 31.9 Å². The van der Waals surface area contributed by atoms with Crippen LogP contribution in [0.2, 0.25) is 0 Å². The Morgan fingerprint density at radius 2 is 2.35 bits per heavy atom. The Balaban J connectivity index is 1.90. The molecule has 2 heterocycles. The first kappa shape index (κ1) is 10.5. The lowest BCUT2D eigenvalue weighted by atomic mass is 9.77. The molecule has 0 saturated heterocycles. The summed E-state index contributed by atoms with van der Waals surface area (Å²) in [5.41, 5.74) is 1.80. The second-order valence-electron chi connectivity index (χ2n) is 4.86. The van der Waals surface area contributed by atoms with E-state index in [1.807, 2.05) is 25.3 Å². The summed E-state index contributed by atoms with van der Waals surface area (Å²) in [5.74, 6) is 0.601. The molecular weight excluding hydrogens is 216 g/mol. The van der Waals surface area contributed by atoms with E-state index < -0.39 is 0 Å². The van der Waals surface area contributed by atoms with E-state index in [9.17, 15) is 5.11 Å². The molecule has 0 aliphatic heterocycles. The maximum atomic E-state index is 9.39. The number of aliphatic hydroxyl groups is 1. The molecule has 5 nitrogen and oxygen atoms in total. The molecule has 5 heteroatoms. The number of nitrogens with one attached hydrogen (secondary N) is 1. The molecule has 2 N–H and O–H groups in total. The third kappa shape index (κ3) is 1.76. The highest BCUT2D eigenvalue weighted by Crippen LogP contribution is 2.34. The Morgan fingerprint density at radius 3 is 3.00 bits per heavy atom. The zero-order chi connectivity index (χ0) is 11.9. The Labute approximate surface area is 99.5 Å². The van der Waals surface area contributed by atoms with Crippen molar-refractivity contribution < 1.29 is 5.11 Å². The smallest absolute Gasteiger partial charge is 0.243 e. The first-order valence-corrected chi connectivity index (χ1v) is 5.93. The van der Waals surface area contributed by atoms with Crippen LogP contribution in [-0.2, 0) is 0 Å². The Morgan fingerprint density at radius 1 is 1.53 bits per heavy atom. The van der Waals surface area contributed by atoms with E-state index in [0.29, 0.717) is 5.95 Å². The lowest BCUT2D eigenvalue weighted by molar-refractivity contribution is 0.143. The van der Waals surface area contributed by atoms with E-state index in [1.54, 1.807) is 4.52 Å². The number of hydrogen-bond acceptors (Lipinski definition) is 4. The van der Waals surface area contributed by atoms with Crippen LogP contribution in [0.5, 0.6) is 0 Å². The van der Waals surface area contributed by atoms with Crippen molar-refractivity contribution in [3.8, 4) is 0 Å². The summed E-state index contributed by atoms with van der Waals surface area (Å²) in [5, 5.41) is 17.0. The van der Waals surface area contributed by atoms with Crippen molar-refractivity contribution >= 4 is 11.6 Å². The van der Waals surface area contributed by atoms with Gasteiger partial charge in [-0.05, 0) is 43.9 Å². The number of hydrogen-bond donors (Lipinski definition) is 2. The van der Waals surface area contributed by atoms with Crippen LogP contribution in [0.3, 0.4) is 0 Å². The number of rotatable bonds is 3. The van der Waals surface area contributed by atoms with E-state index in [1.165, 1.54) is 0 Å². The summed E-state index contributed by atoms with van der Waals surface area (Å²) in [4.78, 5) is 4.42. The van der Waals surface area contributed by atoms with Crippen LogP contribution in [0.15, 0.2) is 18.3 Å². The Hall–Kier alpha value is -1.62. The first-order valence-electron chi connectivity index (χ1n) is 5.93. The standard InChI is InChI=1S/C12H16N4O/c1-9-3-6-16-10(7-9)13-11(15-16)14-12(8-17)4-2-5-12/h3,6-7,17H,2,4-5,8H2,1H3,(H,14,15). The average Bonchev–Trinajstić information content (AvgIpc) is 2.65. The molecule has 17 heavy (non-hydrogen) atoms. The Bertz CT molecular complexity index is 539. The van der Waals surface area contributed by atoms with Crippen molar-refractivity contribution in [2.45, 2.75) is 31.7 Å². The Kier molecular flexibility index (Phi) is 2.29. The molecule has 3 rings (SSSR count). The van der Waals surface area contributed by atoms with Crippen molar-refractivity contribution in [1.29, 1.82) is 0 Å². The van der Waals surface area contributed by atoms with Gasteiger partial charge in [-0.3, -0.25) is 0 Å². The predicted octanol–water partition coefficient (Wildman–Crippen LogP) is 1.36. The number of nitrogens with zero attached hydrogens (tertiary/aromatic N) is 3. The molecule has 1 saturated carbocycles. The van der Waals surface area contributed by atoms with Crippen molar-refractivity contribution in [1.82, 2.24) is 14.6 Å². The summed E-state index contributed by atoms with van der Waals surface area (Å²) in [6, 6.07) is 3.99. The highest BCUT2D eigenvalue weighted by atomic mass is 16.3. The van der Waals surface area contributed by atoms with Crippen LogP contribution in [0, 0.1) is 6.92 Å². The fourth-order valence-electron chi connectivity index (χ4n) is 2.20. The van der Waals surface area contributed by atoms with E-state index in [4.69, 9.17) is 0 Å². The number of aromatic nitrogens is 3. The number of anilines is 1. The van der Waals surface area contributed by atoms with Gasteiger partial charge in [0.2, 0.25) is 5.95 Å². The molecule has 0 unspecified atom stereocenters. The quantitative estimate of drug-likeness (QED) is 0.839. The van der Waals surface area contributed by atoms with Gasteiger partial charge >= 0.3 is 0 Å². The van der Waals surface area contributed by atoms with Crippen molar-refractivity contribution in [2.75, 3.05) is 11.9 Å². The minimum atomic E-state index is -0.194. The molecule has 2 aromatic rings. The van der Waals surface area contributed by atoms with Gasteiger partial charge in [-0.1, -0.05) is 0 Å². The zero-order valence-electron chi connectivity index (χ0n) is 9.85. The molecule has 90 valence electrons. The van der Waals surface area contributed by atoms with Crippen molar-refractivity contribution in [3.05, 3.63) is 23.9 Å². The first-order chi connectivity index (χ1) is 8.21. The average molecular weight is 232 g/mol. The molecule has 1 aliphatic rings. The van der Waals surface area contributed by atoms with Gasteiger partial charge in [-0.25, -0.2) is 4.52 Å². The van der Waals surface area contributed by atoms with Gasteiger partial charge in [0.25, 0.3) is 0 Å². The third-order valence-electron chi connectivity index (χ3n) is 3.48. The molecule has 0 aromatic carbocycles. The van der Waals surface area contributed by atoms with E-state index >= 15 is 0 Å². The molecule has 1 fully saturated rings. The van der Waals surface area contributed by atoms with Gasteiger partial charge in [0.1, 0.15) is 0 Å². The second-order valence-corrected chi connectivity index (χ2v) is 4.86. The van der Waals surface area contributed by atoms with Gasteiger partial charge in [-0.2, -0.15) is 4.98 Å². The fourth-order valence-corrected chi connectivity index (χ4v) is 2.20. The maximum absolute atomic E-state index is 9.39. The van der Waals surface area contributed by atoms with Crippen molar-refractivity contribution in [2.24, 2.45) is 0 Å². The minimum absolute atomic E-state index is 0.140. The summed E-state index contributed by atoms with van der Waals surface area (Å²) < 4.78 is 1.75. The summed E-state index contributed by atoms with van der Waals surface area (Å²) in [7, 11) is 0. The fraction of sp³-hybridized carbons (Fsp3) is 0.500. The monoisotopic (exact) mass is 232 g/mol. The molecule has 0 spiro atoms. The summed E-state index contributed by atoms with van der Waals surface area (Å²) in [6.45, 7) is 2.17. The molecule has 2 aromatic heterocycles. The molecule has 1 aliphatic carbocycles. The van der Waals surface area contributed by atoms with Gasteiger partial charge in [-0.15, -0.1) is 5.10 Å². The van der Waals surface area contributed by atoms with Gasteiger partial charge < -0.3 is 10.4 Å². The summed E-state index contributed by atoms with van der Waals surface area (Å²) in [6.07, 6.45) is 5.02. The van der Waals surface area contributed by atoms with Crippen LogP contribution in [0.4, 0.5) is 5.95 Å². The van der Waals surface area contributed by atoms with E-state index in [0.717, 1.165) is 30.5 Å². The summed E-state index contributed by atoms with van der Waals surface area (Å²) >= 11 is 0. The molecular formula is C12H16N4O. The SMILES string of the molecule is Cc1ccn2nc(NC3(CO)CCC3)nc2c1. The van der Waals surface area contributed by atoms with E-state index in [2.05, 4.69) is 15.4 Å². The molecule has 0 amide bonds. The number of pyridine rings is 1. The topological polar surface area (TPSA) is 62.5 Å². The molecule has 0 atom stereocenters. The maximum Gasteiger partial charge on any atom is 0.243 e. The van der Waals surface area contributed by atoms with Crippen LogP contribution >= 0.6 is 0 Å². The lowest BCUT2D eigenvalue weighted by Crippen LogP contribution is -2.48. The lowest BCUT2D eigenvalue weighted by Gasteiger charge is -2.40. The highest BCUT2D eigenvalue weighted by Gasteiger charge is 2.37. The highest BCUT2D eigenvalue weighted by molar-refractivity contribution is 5.46. The van der Waals surface area contributed by atoms with Crippen LogP contribution < -0.4 is 5.32 Å². The van der Waals surface area contributed by atoms with E-state index in [-0.39, 0.29) is 12.1 Å². The van der Waals surface area contributed by atoms with Gasteiger partial charge in [0.15, 0.2) is 5.65 Å². The minimum Gasteiger partial charge on any atom is -0.394 e. The second kappa shape index (κ2) is 3.70. The third-order valence-corrected chi connectivity index (χ3v) is 3.48. The van der Waals surface area contributed by atoms with Crippen LogP contribution in [0.25, 0.3) is 5.65 Å². The zero-order valence-corrected chi connectivity index (χ0v) is 9.85. The van der Waals surface area contributed by atoms with Gasteiger partial charge in [0.05, 0.1) is 12.1 Å². The van der Waals surface area contributed by atoms with Crippen molar-refractivity contribution in [3.63, 3.8) is 0 Å². The number of aliphatic hydroxyl groups excluding tert-OH is 1. The predicted molar refractivity (Wildman–Crippen MR) is 65.0 cm³/mol. The van der Waals surface area contributed by atoms with Crippen LogP contribution in [0.1, 0.15) is 24.8 Å². The molecule has 0 bridgehead atoms. The number of fused-ring (bicyclic) bond motifs is 1. The number of aryl methyl sites for hydroxylation is 1. The normalized spacial score (nSPS) is 18.0.